The quantitative estimate of drug-likeness (QED) is 0.614. The molecule has 0 aromatic heterocycles. The van der Waals surface area contributed by atoms with E-state index in [1.165, 1.54) is 12.1 Å². The van der Waals surface area contributed by atoms with Gasteiger partial charge < -0.3 is 20.6 Å². The highest BCUT2D eigenvalue weighted by Crippen LogP contribution is 2.22. The van der Waals surface area contributed by atoms with E-state index >= 15 is 0 Å². The monoisotopic (exact) mass is 253 g/mol. The van der Waals surface area contributed by atoms with Crippen LogP contribution in [0.25, 0.3) is 0 Å². The number of rotatable bonds is 6. The van der Waals surface area contributed by atoms with E-state index < -0.39 is 0 Å². The van der Waals surface area contributed by atoms with Crippen LogP contribution in [-0.4, -0.2) is 34.4 Å². The summed E-state index contributed by atoms with van der Waals surface area (Å²) in [5.74, 6) is -0.499. The van der Waals surface area contributed by atoms with Crippen LogP contribution in [0.3, 0.4) is 0 Å². The van der Waals surface area contributed by atoms with Crippen LogP contribution in [0, 0.1) is 5.92 Å². The summed E-state index contributed by atoms with van der Waals surface area (Å²) < 4.78 is 0. The van der Waals surface area contributed by atoms with Crippen molar-refractivity contribution in [2.75, 3.05) is 13.2 Å². The normalized spacial score (nSPS) is 12.1. The van der Waals surface area contributed by atoms with Gasteiger partial charge in [-0.1, -0.05) is 13.3 Å². The predicted octanol–water partition coefficient (Wildman–Crippen LogP) is 1.24. The van der Waals surface area contributed by atoms with Gasteiger partial charge in [0.15, 0.2) is 0 Å². The van der Waals surface area contributed by atoms with Gasteiger partial charge in [-0.25, -0.2) is 0 Å². The van der Waals surface area contributed by atoms with Crippen molar-refractivity contribution in [3.63, 3.8) is 0 Å². The van der Waals surface area contributed by atoms with E-state index in [-0.39, 0.29) is 35.5 Å². The fourth-order valence-corrected chi connectivity index (χ4v) is 1.68. The molecule has 1 rings (SSSR count). The van der Waals surface area contributed by atoms with Gasteiger partial charge in [0.05, 0.1) is 5.56 Å². The number of phenolic OH excluding ortho intramolecular Hbond substituents is 2. The van der Waals surface area contributed by atoms with E-state index in [0.717, 1.165) is 12.5 Å². The number of aliphatic hydroxyl groups is 1. The number of aromatic hydroxyl groups is 2. The summed E-state index contributed by atoms with van der Waals surface area (Å²) >= 11 is 0. The minimum atomic E-state index is -0.385. The molecule has 100 valence electrons. The van der Waals surface area contributed by atoms with E-state index in [0.29, 0.717) is 13.0 Å². The Bertz CT molecular complexity index is 406. The van der Waals surface area contributed by atoms with Crippen molar-refractivity contribution in [2.45, 2.75) is 19.8 Å². The zero-order valence-electron chi connectivity index (χ0n) is 10.4. The van der Waals surface area contributed by atoms with Crippen LogP contribution >= 0.6 is 0 Å². The standard InChI is InChI=1S/C13H19NO4/c1-2-9(5-6-15)8-14-13(18)11-4-3-10(16)7-12(11)17/h3-4,7,9,15-17H,2,5-6,8H2,1H3,(H,14,18). The third kappa shape index (κ3) is 3.92. The number of amides is 1. The van der Waals surface area contributed by atoms with Gasteiger partial charge in [-0.05, 0) is 24.5 Å². The molecule has 0 aliphatic heterocycles. The van der Waals surface area contributed by atoms with Crippen molar-refractivity contribution < 1.29 is 20.1 Å². The number of phenols is 2. The van der Waals surface area contributed by atoms with Crippen molar-refractivity contribution in [2.24, 2.45) is 5.92 Å². The molecule has 0 aliphatic rings. The van der Waals surface area contributed by atoms with Gasteiger partial charge in [0.1, 0.15) is 11.5 Å². The molecule has 1 aromatic carbocycles. The molecule has 5 nitrogen and oxygen atoms in total. The maximum absolute atomic E-state index is 11.8. The molecule has 1 atom stereocenters. The zero-order valence-corrected chi connectivity index (χ0v) is 10.4. The Morgan fingerprint density at radius 1 is 1.39 bits per heavy atom. The molecule has 5 heteroatoms. The summed E-state index contributed by atoms with van der Waals surface area (Å²) in [5.41, 5.74) is 0.131. The van der Waals surface area contributed by atoms with Crippen molar-refractivity contribution in [3.05, 3.63) is 23.8 Å². The summed E-state index contributed by atoms with van der Waals surface area (Å²) in [6.45, 7) is 2.54. The summed E-state index contributed by atoms with van der Waals surface area (Å²) in [4.78, 5) is 11.8. The predicted molar refractivity (Wildman–Crippen MR) is 67.6 cm³/mol. The van der Waals surface area contributed by atoms with Crippen molar-refractivity contribution >= 4 is 5.91 Å². The maximum atomic E-state index is 11.8. The van der Waals surface area contributed by atoms with Crippen molar-refractivity contribution in [3.8, 4) is 11.5 Å². The van der Waals surface area contributed by atoms with Gasteiger partial charge >= 0.3 is 0 Å². The molecule has 1 aromatic rings. The Morgan fingerprint density at radius 3 is 2.67 bits per heavy atom. The summed E-state index contributed by atoms with van der Waals surface area (Å²) in [6, 6.07) is 3.84. The Balaban J connectivity index is 2.59. The smallest absolute Gasteiger partial charge is 0.255 e. The van der Waals surface area contributed by atoms with Crippen molar-refractivity contribution in [1.82, 2.24) is 5.32 Å². The van der Waals surface area contributed by atoms with E-state index in [1.807, 2.05) is 6.92 Å². The number of aliphatic hydroxyl groups excluding tert-OH is 1. The van der Waals surface area contributed by atoms with Crippen LogP contribution in [0.5, 0.6) is 11.5 Å². The van der Waals surface area contributed by atoms with Gasteiger partial charge in [-0.3, -0.25) is 4.79 Å². The first-order valence-corrected chi connectivity index (χ1v) is 5.99. The molecule has 1 amide bonds. The second-order valence-corrected chi connectivity index (χ2v) is 4.20. The van der Waals surface area contributed by atoms with Crippen LogP contribution in [0.2, 0.25) is 0 Å². The lowest BCUT2D eigenvalue weighted by atomic mass is 10.0. The molecule has 4 N–H and O–H groups in total. The average Bonchev–Trinajstić information content (AvgIpc) is 2.34. The first-order valence-electron chi connectivity index (χ1n) is 5.99. The third-order valence-electron chi connectivity index (χ3n) is 2.89. The summed E-state index contributed by atoms with van der Waals surface area (Å²) in [5, 5.41) is 30.2. The molecule has 18 heavy (non-hydrogen) atoms. The third-order valence-corrected chi connectivity index (χ3v) is 2.89. The lowest BCUT2D eigenvalue weighted by molar-refractivity contribution is 0.0941. The minimum absolute atomic E-state index is 0.0873. The fourth-order valence-electron chi connectivity index (χ4n) is 1.68. The van der Waals surface area contributed by atoms with E-state index in [1.54, 1.807) is 0 Å². The molecule has 0 saturated heterocycles. The molecule has 0 heterocycles. The number of benzene rings is 1. The van der Waals surface area contributed by atoms with E-state index in [9.17, 15) is 9.90 Å². The van der Waals surface area contributed by atoms with Crippen LogP contribution in [0.15, 0.2) is 18.2 Å². The van der Waals surface area contributed by atoms with E-state index in [2.05, 4.69) is 5.32 Å². The van der Waals surface area contributed by atoms with Crippen LogP contribution in [0.1, 0.15) is 30.1 Å². The molecular weight excluding hydrogens is 234 g/mol. The molecule has 0 fully saturated rings. The number of carbonyl (C=O) groups excluding carboxylic acids is 1. The highest BCUT2D eigenvalue weighted by atomic mass is 16.3. The highest BCUT2D eigenvalue weighted by molar-refractivity contribution is 5.96. The minimum Gasteiger partial charge on any atom is -0.508 e. The second-order valence-electron chi connectivity index (χ2n) is 4.20. The lowest BCUT2D eigenvalue weighted by Gasteiger charge is -2.14. The second kappa shape index (κ2) is 6.86. The van der Waals surface area contributed by atoms with Gasteiger partial charge in [0.2, 0.25) is 0 Å². The topological polar surface area (TPSA) is 89.8 Å². The molecule has 0 saturated carbocycles. The van der Waals surface area contributed by atoms with Gasteiger partial charge in [-0.2, -0.15) is 0 Å². The highest BCUT2D eigenvalue weighted by Gasteiger charge is 2.13. The van der Waals surface area contributed by atoms with Crippen LogP contribution < -0.4 is 5.32 Å². The molecule has 0 bridgehead atoms. The van der Waals surface area contributed by atoms with Crippen LogP contribution in [-0.2, 0) is 0 Å². The number of hydrogen-bond donors (Lipinski definition) is 4. The number of nitrogens with one attached hydrogen (secondary N) is 1. The SMILES string of the molecule is CCC(CCO)CNC(=O)c1ccc(O)cc1O. The largest absolute Gasteiger partial charge is 0.508 e. The average molecular weight is 253 g/mol. The Morgan fingerprint density at radius 2 is 2.11 bits per heavy atom. The van der Waals surface area contributed by atoms with Crippen LogP contribution in [0.4, 0.5) is 0 Å². The Kier molecular flexibility index (Phi) is 5.45. The molecule has 1 unspecified atom stereocenters. The van der Waals surface area contributed by atoms with E-state index in [4.69, 9.17) is 10.2 Å². The molecule has 0 aliphatic carbocycles. The molecular formula is C13H19NO4. The fraction of sp³-hybridized carbons (Fsp3) is 0.462. The first-order chi connectivity index (χ1) is 8.58. The molecule has 0 spiro atoms. The van der Waals surface area contributed by atoms with Crippen molar-refractivity contribution in [1.29, 1.82) is 0 Å². The number of hydrogen-bond acceptors (Lipinski definition) is 4. The molecule has 0 radical (unpaired) electrons. The Labute approximate surface area is 106 Å². The lowest BCUT2D eigenvalue weighted by Crippen LogP contribution is -2.29. The van der Waals surface area contributed by atoms with Gasteiger partial charge in [0, 0.05) is 19.2 Å². The first kappa shape index (κ1) is 14.3. The Hall–Kier alpha value is -1.75. The van der Waals surface area contributed by atoms with Gasteiger partial charge in [0.25, 0.3) is 5.91 Å². The maximum Gasteiger partial charge on any atom is 0.255 e. The summed E-state index contributed by atoms with van der Waals surface area (Å²) in [6.07, 6.45) is 1.50. The summed E-state index contributed by atoms with van der Waals surface area (Å²) in [7, 11) is 0. The zero-order chi connectivity index (χ0) is 13.5. The van der Waals surface area contributed by atoms with Gasteiger partial charge in [-0.15, -0.1) is 0 Å². The number of carbonyl (C=O) groups is 1.